The van der Waals surface area contributed by atoms with Crippen molar-refractivity contribution in [3.05, 3.63) is 34.3 Å². The average molecular weight is 254 g/mol. The lowest BCUT2D eigenvalue weighted by Gasteiger charge is -2.23. The first-order valence-electron chi connectivity index (χ1n) is 5.21. The van der Waals surface area contributed by atoms with Crippen LogP contribution in [0.5, 0.6) is 0 Å². The molecule has 14 heavy (non-hydrogen) atoms. The summed E-state index contributed by atoms with van der Waals surface area (Å²) in [5.74, 6) is 0. The molecule has 76 valence electrons. The van der Waals surface area contributed by atoms with Gasteiger partial charge in [-0.1, -0.05) is 40.9 Å². The Morgan fingerprint density at radius 1 is 1.14 bits per heavy atom. The third-order valence-electron chi connectivity index (χ3n) is 3.07. The normalized spacial score (nSPS) is 19.9. The van der Waals surface area contributed by atoms with Gasteiger partial charge in [0.2, 0.25) is 0 Å². The van der Waals surface area contributed by atoms with Crippen molar-refractivity contribution in [2.45, 2.75) is 37.6 Å². The molecule has 0 bridgehead atoms. The predicted octanol–water partition coefficient (Wildman–Crippen LogP) is 3.26. The highest BCUT2D eigenvalue weighted by Crippen LogP contribution is 2.30. The highest BCUT2D eigenvalue weighted by molar-refractivity contribution is 9.10. The zero-order valence-corrected chi connectivity index (χ0v) is 9.89. The van der Waals surface area contributed by atoms with Crippen LogP contribution in [0.25, 0.3) is 0 Å². The van der Waals surface area contributed by atoms with Gasteiger partial charge in [0.25, 0.3) is 0 Å². The molecule has 0 spiro atoms. The van der Waals surface area contributed by atoms with Crippen LogP contribution in [0.2, 0.25) is 0 Å². The van der Waals surface area contributed by atoms with Crippen molar-refractivity contribution in [2.75, 3.05) is 0 Å². The first-order valence-corrected chi connectivity index (χ1v) is 6.01. The van der Waals surface area contributed by atoms with Crippen LogP contribution in [0.15, 0.2) is 28.7 Å². The minimum absolute atomic E-state index is 0.0772. The molecular formula is C12H16BrN. The van der Waals surface area contributed by atoms with Gasteiger partial charge < -0.3 is 5.73 Å². The second-order valence-corrected chi connectivity index (χ2v) is 5.29. The van der Waals surface area contributed by atoms with Gasteiger partial charge >= 0.3 is 0 Å². The van der Waals surface area contributed by atoms with Gasteiger partial charge in [-0.15, -0.1) is 0 Å². The van der Waals surface area contributed by atoms with Crippen LogP contribution in [0.3, 0.4) is 0 Å². The molecule has 1 aliphatic carbocycles. The largest absolute Gasteiger partial charge is 0.325 e. The Balaban J connectivity index is 2.06. The van der Waals surface area contributed by atoms with E-state index in [1.165, 1.54) is 31.2 Å². The molecule has 0 unspecified atom stereocenters. The SMILES string of the molecule is NC1(Cc2ccc(Br)cc2)CCCC1. The number of benzene rings is 1. The molecule has 0 aromatic heterocycles. The molecule has 2 N–H and O–H groups in total. The molecule has 2 rings (SSSR count). The Bertz CT molecular complexity index is 299. The van der Waals surface area contributed by atoms with Gasteiger partial charge in [0.15, 0.2) is 0 Å². The maximum absolute atomic E-state index is 6.32. The van der Waals surface area contributed by atoms with Crippen molar-refractivity contribution in [3.63, 3.8) is 0 Å². The van der Waals surface area contributed by atoms with E-state index in [9.17, 15) is 0 Å². The van der Waals surface area contributed by atoms with E-state index in [1.807, 2.05) is 0 Å². The summed E-state index contributed by atoms with van der Waals surface area (Å²) >= 11 is 3.44. The summed E-state index contributed by atoms with van der Waals surface area (Å²) in [5.41, 5.74) is 7.75. The van der Waals surface area contributed by atoms with Gasteiger partial charge in [-0.2, -0.15) is 0 Å². The molecule has 0 radical (unpaired) electrons. The Hall–Kier alpha value is -0.340. The van der Waals surface area contributed by atoms with Crippen LogP contribution in [0, 0.1) is 0 Å². The minimum Gasteiger partial charge on any atom is -0.325 e. The Morgan fingerprint density at radius 2 is 1.71 bits per heavy atom. The summed E-state index contributed by atoms with van der Waals surface area (Å²) in [6.07, 6.45) is 5.99. The molecule has 0 aliphatic heterocycles. The fourth-order valence-corrected chi connectivity index (χ4v) is 2.53. The van der Waals surface area contributed by atoms with Crippen molar-refractivity contribution in [2.24, 2.45) is 5.73 Å². The molecule has 1 aromatic rings. The van der Waals surface area contributed by atoms with Crippen molar-refractivity contribution in [1.82, 2.24) is 0 Å². The molecule has 1 nitrogen and oxygen atoms in total. The number of nitrogens with two attached hydrogens (primary N) is 1. The fraction of sp³-hybridized carbons (Fsp3) is 0.500. The molecule has 0 atom stereocenters. The monoisotopic (exact) mass is 253 g/mol. The van der Waals surface area contributed by atoms with E-state index in [4.69, 9.17) is 5.73 Å². The lowest BCUT2D eigenvalue weighted by Crippen LogP contribution is -2.38. The molecule has 0 saturated heterocycles. The second kappa shape index (κ2) is 4.03. The van der Waals surface area contributed by atoms with E-state index in [2.05, 4.69) is 40.2 Å². The van der Waals surface area contributed by atoms with Crippen molar-refractivity contribution < 1.29 is 0 Å². The van der Waals surface area contributed by atoms with Crippen LogP contribution in [-0.2, 0) is 6.42 Å². The molecular weight excluding hydrogens is 238 g/mol. The van der Waals surface area contributed by atoms with Gasteiger partial charge in [-0.05, 0) is 37.0 Å². The molecule has 0 amide bonds. The Kier molecular flexibility index (Phi) is 2.93. The first kappa shape index (κ1) is 10.2. The van der Waals surface area contributed by atoms with Crippen molar-refractivity contribution >= 4 is 15.9 Å². The maximum atomic E-state index is 6.32. The van der Waals surface area contributed by atoms with Gasteiger partial charge in [0.05, 0.1) is 0 Å². The number of hydrogen-bond donors (Lipinski definition) is 1. The molecule has 2 heteroatoms. The summed E-state index contributed by atoms with van der Waals surface area (Å²) in [4.78, 5) is 0. The van der Waals surface area contributed by atoms with E-state index in [0.29, 0.717) is 0 Å². The highest BCUT2D eigenvalue weighted by Gasteiger charge is 2.29. The smallest absolute Gasteiger partial charge is 0.0195 e. The van der Waals surface area contributed by atoms with Gasteiger partial charge in [0.1, 0.15) is 0 Å². The summed E-state index contributed by atoms with van der Waals surface area (Å²) < 4.78 is 1.14. The van der Waals surface area contributed by atoms with Gasteiger partial charge in [0, 0.05) is 10.0 Å². The van der Waals surface area contributed by atoms with Crippen LogP contribution < -0.4 is 5.73 Å². The van der Waals surface area contributed by atoms with E-state index in [-0.39, 0.29) is 5.54 Å². The molecule has 1 aliphatic rings. The topological polar surface area (TPSA) is 26.0 Å². The fourth-order valence-electron chi connectivity index (χ4n) is 2.26. The maximum Gasteiger partial charge on any atom is 0.0195 e. The summed E-state index contributed by atoms with van der Waals surface area (Å²) in [7, 11) is 0. The molecule has 1 saturated carbocycles. The zero-order valence-electron chi connectivity index (χ0n) is 8.30. The Labute approximate surface area is 93.8 Å². The van der Waals surface area contributed by atoms with Crippen molar-refractivity contribution in [3.8, 4) is 0 Å². The average Bonchev–Trinajstić information content (AvgIpc) is 2.57. The van der Waals surface area contributed by atoms with Crippen LogP contribution >= 0.6 is 15.9 Å². The number of hydrogen-bond acceptors (Lipinski definition) is 1. The zero-order chi connectivity index (χ0) is 10.0. The van der Waals surface area contributed by atoms with E-state index in [0.717, 1.165) is 10.9 Å². The lowest BCUT2D eigenvalue weighted by atomic mass is 9.90. The van der Waals surface area contributed by atoms with Crippen molar-refractivity contribution in [1.29, 1.82) is 0 Å². The first-order chi connectivity index (χ1) is 6.68. The van der Waals surface area contributed by atoms with Gasteiger partial charge in [-0.3, -0.25) is 0 Å². The van der Waals surface area contributed by atoms with E-state index >= 15 is 0 Å². The quantitative estimate of drug-likeness (QED) is 0.861. The highest BCUT2D eigenvalue weighted by atomic mass is 79.9. The predicted molar refractivity (Wildman–Crippen MR) is 63.2 cm³/mol. The summed E-state index contributed by atoms with van der Waals surface area (Å²) in [6, 6.07) is 8.51. The Morgan fingerprint density at radius 3 is 2.29 bits per heavy atom. The summed E-state index contributed by atoms with van der Waals surface area (Å²) in [6.45, 7) is 0. The second-order valence-electron chi connectivity index (χ2n) is 4.37. The van der Waals surface area contributed by atoms with Crippen LogP contribution in [-0.4, -0.2) is 5.54 Å². The van der Waals surface area contributed by atoms with E-state index < -0.39 is 0 Å². The van der Waals surface area contributed by atoms with E-state index in [1.54, 1.807) is 0 Å². The summed E-state index contributed by atoms with van der Waals surface area (Å²) in [5, 5.41) is 0. The number of halogens is 1. The molecule has 0 heterocycles. The van der Waals surface area contributed by atoms with Gasteiger partial charge in [-0.25, -0.2) is 0 Å². The number of rotatable bonds is 2. The standard InChI is InChI=1S/C12H16BrN/c13-11-5-3-10(4-6-11)9-12(14)7-1-2-8-12/h3-6H,1-2,7-9,14H2. The third kappa shape index (κ3) is 2.37. The van der Waals surface area contributed by atoms with Crippen LogP contribution in [0.4, 0.5) is 0 Å². The molecule has 1 aromatic carbocycles. The molecule has 1 fully saturated rings. The third-order valence-corrected chi connectivity index (χ3v) is 3.60. The lowest BCUT2D eigenvalue weighted by molar-refractivity contribution is 0.436. The minimum atomic E-state index is 0.0772. The van der Waals surface area contributed by atoms with Crippen LogP contribution in [0.1, 0.15) is 31.2 Å².